The van der Waals surface area contributed by atoms with E-state index in [9.17, 15) is 5.11 Å². The first kappa shape index (κ1) is 14.8. The second-order valence-electron chi connectivity index (χ2n) is 7.44. The van der Waals surface area contributed by atoms with E-state index in [2.05, 4.69) is 17.1 Å². The van der Waals surface area contributed by atoms with Crippen molar-refractivity contribution in [3.05, 3.63) is 0 Å². The van der Waals surface area contributed by atoms with Gasteiger partial charge in [-0.2, -0.15) is 0 Å². The van der Waals surface area contributed by atoms with Gasteiger partial charge >= 0.3 is 0 Å². The number of likely N-dealkylation sites (tertiary alicyclic amines) is 1. The van der Waals surface area contributed by atoms with Crippen molar-refractivity contribution in [3.63, 3.8) is 0 Å². The molecule has 1 saturated heterocycles. The molecule has 1 aliphatic heterocycles. The van der Waals surface area contributed by atoms with Gasteiger partial charge in [-0.3, -0.25) is 0 Å². The van der Waals surface area contributed by atoms with Crippen molar-refractivity contribution in [2.45, 2.75) is 76.5 Å². The number of nitrogens with one attached hydrogen (secondary N) is 1. The molecule has 3 heteroatoms. The highest BCUT2D eigenvalue weighted by Gasteiger charge is 2.34. The lowest BCUT2D eigenvalue weighted by atomic mass is 9.88. The zero-order chi connectivity index (χ0) is 13.9. The lowest BCUT2D eigenvalue weighted by Crippen LogP contribution is -2.51. The van der Waals surface area contributed by atoms with Gasteiger partial charge in [-0.25, -0.2) is 0 Å². The van der Waals surface area contributed by atoms with Crippen molar-refractivity contribution in [3.8, 4) is 0 Å². The fraction of sp³-hybridized carbons (Fsp3) is 1.00. The van der Waals surface area contributed by atoms with Gasteiger partial charge in [0, 0.05) is 25.2 Å². The van der Waals surface area contributed by atoms with Gasteiger partial charge < -0.3 is 15.3 Å². The molecule has 3 fully saturated rings. The van der Waals surface area contributed by atoms with Crippen molar-refractivity contribution in [2.24, 2.45) is 11.8 Å². The summed E-state index contributed by atoms with van der Waals surface area (Å²) in [5, 5.41) is 14.1. The molecule has 3 nitrogen and oxygen atoms in total. The highest BCUT2D eigenvalue weighted by Crippen LogP contribution is 2.36. The van der Waals surface area contributed by atoms with Crippen LogP contribution in [0.3, 0.4) is 0 Å². The molecule has 0 spiro atoms. The first-order valence-corrected chi connectivity index (χ1v) is 8.91. The Hall–Kier alpha value is -0.120. The van der Waals surface area contributed by atoms with Gasteiger partial charge in [0.25, 0.3) is 0 Å². The van der Waals surface area contributed by atoms with Crippen LogP contribution in [0.25, 0.3) is 0 Å². The molecular weight excluding hydrogens is 248 g/mol. The fourth-order valence-electron chi connectivity index (χ4n) is 4.29. The van der Waals surface area contributed by atoms with Crippen LogP contribution >= 0.6 is 0 Å². The highest BCUT2D eigenvalue weighted by atomic mass is 16.3. The summed E-state index contributed by atoms with van der Waals surface area (Å²) in [5.41, 5.74) is 0. The number of hydrogen-bond acceptors (Lipinski definition) is 3. The summed E-state index contributed by atoms with van der Waals surface area (Å²) in [5.74, 6) is 1.33. The molecule has 0 aromatic rings. The summed E-state index contributed by atoms with van der Waals surface area (Å²) in [6.45, 7) is 5.83. The van der Waals surface area contributed by atoms with E-state index in [1.54, 1.807) is 0 Å². The van der Waals surface area contributed by atoms with E-state index in [0.29, 0.717) is 17.9 Å². The van der Waals surface area contributed by atoms with Crippen molar-refractivity contribution in [2.75, 3.05) is 19.6 Å². The van der Waals surface area contributed by atoms with Crippen LogP contribution in [0.2, 0.25) is 0 Å². The summed E-state index contributed by atoms with van der Waals surface area (Å²) in [7, 11) is 0. The molecule has 0 aromatic heterocycles. The monoisotopic (exact) mass is 280 g/mol. The van der Waals surface area contributed by atoms with E-state index in [4.69, 9.17) is 0 Å². The number of nitrogens with zero attached hydrogens (tertiary/aromatic N) is 1. The average Bonchev–Trinajstić information content (AvgIpc) is 3.18. The van der Waals surface area contributed by atoms with Gasteiger partial charge in [0.15, 0.2) is 0 Å². The molecule has 0 radical (unpaired) electrons. The molecule has 0 aromatic carbocycles. The molecule has 2 aliphatic carbocycles. The first-order valence-electron chi connectivity index (χ1n) is 8.91. The first-order chi connectivity index (χ1) is 9.74. The maximum Gasteiger partial charge on any atom is 0.0571 e. The number of hydrogen-bond donors (Lipinski definition) is 2. The van der Waals surface area contributed by atoms with Crippen molar-refractivity contribution in [1.82, 2.24) is 10.2 Å². The zero-order valence-electron chi connectivity index (χ0n) is 13.1. The Morgan fingerprint density at radius 1 is 1.10 bits per heavy atom. The van der Waals surface area contributed by atoms with Crippen LogP contribution in [-0.2, 0) is 0 Å². The summed E-state index contributed by atoms with van der Waals surface area (Å²) in [6, 6.07) is 1.43. The molecular formula is C17H32N2O. The molecule has 2 N–H and O–H groups in total. The maximum absolute atomic E-state index is 10.2. The second kappa shape index (κ2) is 6.76. The lowest BCUT2D eigenvalue weighted by Gasteiger charge is -2.39. The van der Waals surface area contributed by atoms with Crippen molar-refractivity contribution in [1.29, 1.82) is 0 Å². The van der Waals surface area contributed by atoms with Crippen molar-refractivity contribution < 1.29 is 5.11 Å². The Morgan fingerprint density at radius 2 is 1.85 bits per heavy atom. The van der Waals surface area contributed by atoms with Gasteiger partial charge in [-0.15, -0.1) is 0 Å². The van der Waals surface area contributed by atoms with Crippen LogP contribution in [0.15, 0.2) is 0 Å². The minimum Gasteiger partial charge on any atom is -0.393 e. The Kier molecular flexibility index (Phi) is 5.00. The third kappa shape index (κ3) is 3.96. The molecule has 3 unspecified atom stereocenters. The number of aliphatic hydroxyl groups excluding tert-OH is 1. The Bertz CT molecular complexity index is 287. The van der Waals surface area contributed by atoms with Crippen molar-refractivity contribution >= 4 is 0 Å². The summed E-state index contributed by atoms with van der Waals surface area (Å²) < 4.78 is 0. The van der Waals surface area contributed by atoms with Gasteiger partial charge in [-0.1, -0.05) is 19.8 Å². The van der Waals surface area contributed by atoms with E-state index in [1.165, 1.54) is 58.0 Å². The van der Waals surface area contributed by atoms with Crippen LogP contribution in [0.1, 0.15) is 58.3 Å². The summed E-state index contributed by atoms with van der Waals surface area (Å²) in [4.78, 5) is 2.58. The predicted octanol–water partition coefficient (Wildman–Crippen LogP) is 2.39. The van der Waals surface area contributed by atoms with Gasteiger partial charge in [0.1, 0.15) is 0 Å². The normalized spacial score (nSPS) is 34.5. The van der Waals surface area contributed by atoms with Crippen LogP contribution < -0.4 is 5.32 Å². The highest BCUT2D eigenvalue weighted by molar-refractivity contribution is 4.90. The average molecular weight is 280 g/mol. The van der Waals surface area contributed by atoms with E-state index >= 15 is 0 Å². The quantitative estimate of drug-likeness (QED) is 0.784. The fourth-order valence-corrected chi connectivity index (χ4v) is 4.29. The van der Waals surface area contributed by atoms with E-state index in [1.807, 2.05) is 0 Å². The summed E-state index contributed by atoms with van der Waals surface area (Å²) >= 11 is 0. The van der Waals surface area contributed by atoms with Crippen LogP contribution in [-0.4, -0.2) is 47.8 Å². The number of likely N-dealkylation sites (N-methyl/N-ethyl adjacent to an activating group) is 1. The predicted molar refractivity (Wildman–Crippen MR) is 82.7 cm³/mol. The van der Waals surface area contributed by atoms with Crippen LogP contribution in [0, 0.1) is 11.8 Å². The molecule has 1 heterocycles. The van der Waals surface area contributed by atoms with E-state index in [0.717, 1.165) is 19.0 Å². The largest absolute Gasteiger partial charge is 0.393 e. The topological polar surface area (TPSA) is 35.5 Å². The standard InChI is InChI=1S/C17H32N2O/c1-2-19-11-13(10-17(20)14-7-8-14)9-16(12-19)18-15-5-3-4-6-15/h13-18,20H,2-12H2,1H3. The molecule has 3 rings (SSSR count). The van der Waals surface area contributed by atoms with E-state index < -0.39 is 0 Å². The van der Waals surface area contributed by atoms with Gasteiger partial charge in [0.05, 0.1) is 6.10 Å². The van der Waals surface area contributed by atoms with E-state index in [-0.39, 0.29) is 6.10 Å². The Morgan fingerprint density at radius 3 is 2.50 bits per heavy atom. The molecule has 3 aliphatic rings. The molecule has 116 valence electrons. The lowest BCUT2D eigenvalue weighted by molar-refractivity contribution is 0.0748. The van der Waals surface area contributed by atoms with Gasteiger partial charge in [-0.05, 0) is 56.9 Å². The minimum atomic E-state index is -0.0241. The zero-order valence-corrected chi connectivity index (χ0v) is 13.1. The third-order valence-electron chi connectivity index (χ3n) is 5.63. The molecule has 20 heavy (non-hydrogen) atoms. The van der Waals surface area contributed by atoms with Gasteiger partial charge in [0.2, 0.25) is 0 Å². The SMILES string of the molecule is CCN1CC(CC(O)C2CC2)CC(NC2CCCC2)C1. The minimum absolute atomic E-state index is 0.0241. The molecule has 0 bridgehead atoms. The smallest absolute Gasteiger partial charge is 0.0571 e. The molecule has 3 atom stereocenters. The Balaban J connectivity index is 1.50. The summed E-state index contributed by atoms with van der Waals surface area (Å²) in [6.07, 6.45) is 10.4. The number of piperidine rings is 1. The Labute approximate surface area is 124 Å². The second-order valence-corrected chi connectivity index (χ2v) is 7.44. The van der Waals surface area contributed by atoms with Crippen LogP contribution in [0.4, 0.5) is 0 Å². The molecule has 2 saturated carbocycles. The number of aliphatic hydroxyl groups is 1. The molecule has 0 amide bonds. The number of rotatable bonds is 6. The third-order valence-corrected chi connectivity index (χ3v) is 5.63. The maximum atomic E-state index is 10.2. The van der Waals surface area contributed by atoms with Crippen LogP contribution in [0.5, 0.6) is 0 Å².